The molecule has 1 heterocycles. The number of rotatable bonds is 6. The molecule has 136 valence electrons. The highest BCUT2D eigenvalue weighted by Gasteiger charge is 2.21. The van der Waals surface area contributed by atoms with Gasteiger partial charge in [-0.3, -0.25) is 0 Å². The summed E-state index contributed by atoms with van der Waals surface area (Å²) in [5, 5.41) is 21.4. The number of hydrogen-bond acceptors (Lipinski definition) is 5. The third kappa shape index (κ3) is 4.45. The Morgan fingerprint density at radius 1 is 1.24 bits per heavy atom. The van der Waals surface area contributed by atoms with E-state index in [0.717, 1.165) is 0 Å². The van der Waals surface area contributed by atoms with Crippen molar-refractivity contribution in [2.75, 3.05) is 11.9 Å². The number of phenols is 1. The number of ether oxygens (including phenoxy) is 1. The van der Waals surface area contributed by atoms with Crippen LogP contribution in [0.5, 0.6) is 17.2 Å². The lowest BCUT2D eigenvalue weighted by Crippen LogP contribution is -2.20. The van der Waals surface area contributed by atoms with Crippen LogP contribution in [0.3, 0.4) is 0 Å². The molecule has 0 saturated carbocycles. The third-order valence-corrected chi connectivity index (χ3v) is 4.17. The molecule has 8 heteroatoms. The molecule has 1 aromatic heterocycles. The van der Waals surface area contributed by atoms with Crippen molar-refractivity contribution in [3.63, 3.8) is 0 Å². The molecule has 0 aliphatic heterocycles. The smallest absolute Gasteiger partial charge is 0.237 e. The van der Waals surface area contributed by atoms with Crippen LogP contribution in [0.2, 0.25) is 10.0 Å². The van der Waals surface area contributed by atoms with Gasteiger partial charge in [-0.25, -0.2) is 0 Å². The summed E-state index contributed by atoms with van der Waals surface area (Å²) in [6.07, 6.45) is 0. The number of halogens is 3. The highest BCUT2D eigenvalue weighted by Crippen LogP contribution is 2.42. The highest BCUT2D eigenvalue weighted by atomic mass is 35.5. The molecule has 0 fully saturated rings. The molecule has 5 nitrogen and oxygen atoms in total. The standard InChI is InChI=1S/C17H19Cl2FN2O3/c1-8(2)11-6-10(4-5-12(11)24)25-15-13(18)16(20)22-17(14(15)19)21-9(3)7-23/h4-6,8-9,23-24H,7H2,1-3H3,(H,21,22). The number of aromatic nitrogens is 1. The fraction of sp³-hybridized carbons (Fsp3) is 0.353. The molecule has 0 radical (unpaired) electrons. The van der Waals surface area contributed by atoms with Crippen LogP contribution >= 0.6 is 23.2 Å². The molecular formula is C17H19Cl2FN2O3. The summed E-state index contributed by atoms with van der Waals surface area (Å²) in [6, 6.07) is 4.25. The second-order valence-electron chi connectivity index (χ2n) is 5.91. The van der Waals surface area contributed by atoms with Crippen LogP contribution in [0, 0.1) is 5.95 Å². The molecule has 0 spiro atoms. The quantitative estimate of drug-likeness (QED) is 0.610. The second-order valence-corrected chi connectivity index (χ2v) is 6.67. The molecule has 1 aromatic carbocycles. The monoisotopic (exact) mass is 388 g/mol. The van der Waals surface area contributed by atoms with E-state index in [2.05, 4.69) is 10.3 Å². The third-order valence-electron chi connectivity index (χ3n) is 3.50. The van der Waals surface area contributed by atoms with Gasteiger partial charge in [0, 0.05) is 11.6 Å². The van der Waals surface area contributed by atoms with Crippen LogP contribution in [0.25, 0.3) is 0 Å². The summed E-state index contributed by atoms with van der Waals surface area (Å²) < 4.78 is 19.7. The molecule has 0 aliphatic carbocycles. The van der Waals surface area contributed by atoms with E-state index in [1.807, 2.05) is 13.8 Å². The molecule has 2 rings (SSSR count). The van der Waals surface area contributed by atoms with Gasteiger partial charge >= 0.3 is 0 Å². The Hall–Kier alpha value is -1.76. The molecule has 0 bridgehead atoms. The van der Waals surface area contributed by atoms with E-state index in [9.17, 15) is 9.50 Å². The van der Waals surface area contributed by atoms with E-state index in [1.165, 1.54) is 12.1 Å². The largest absolute Gasteiger partial charge is 0.508 e. The zero-order valence-corrected chi connectivity index (χ0v) is 15.5. The molecule has 1 unspecified atom stereocenters. The summed E-state index contributed by atoms with van der Waals surface area (Å²) in [7, 11) is 0. The molecule has 25 heavy (non-hydrogen) atoms. The van der Waals surface area contributed by atoms with E-state index >= 15 is 0 Å². The lowest BCUT2D eigenvalue weighted by atomic mass is 10.0. The van der Waals surface area contributed by atoms with Gasteiger partial charge in [0.25, 0.3) is 0 Å². The van der Waals surface area contributed by atoms with Gasteiger partial charge in [0.05, 0.1) is 6.61 Å². The number of anilines is 1. The SMILES string of the molecule is CC(CO)Nc1nc(F)c(Cl)c(Oc2ccc(O)c(C(C)C)c2)c1Cl. The molecule has 2 aromatic rings. The zero-order valence-electron chi connectivity index (χ0n) is 14.0. The minimum atomic E-state index is -0.948. The fourth-order valence-corrected chi connectivity index (χ4v) is 2.59. The number of aliphatic hydroxyl groups excluding tert-OH is 1. The van der Waals surface area contributed by atoms with Crippen LogP contribution < -0.4 is 10.1 Å². The van der Waals surface area contributed by atoms with Gasteiger partial charge in [-0.15, -0.1) is 0 Å². The lowest BCUT2D eigenvalue weighted by Gasteiger charge is -2.17. The average molecular weight is 389 g/mol. The number of nitrogens with zero attached hydrogens (tertiary/aromatic N) is 1. The molecule has 0 saturated heterocycles. The lowest BCUT2D eigenvalue weighted by molar-refractivity contribution is 0.281. The van der Waals surface area contributed by atoms with E-state index in [0.29, 0.717) is 11.3 Å². The van der Waals surface area contributed by atoms with Crippen LogP contribution in [0.1, 0.15) is 32.3 Å². The minimum Gasteiger partial charge on any atom is -0.508 e. The number of nitrogens with one attached hydrogen (secondary N) is 1. The summed E-state index contributed by atoms with van der Waals surface area (Å²) in [5.74, 6) is -0.480. The predicted octanol–water partition coefficient (Wildman–Crippen LogP) is 4.94. The van der Waals surface area contributed by atoms with Crippen molar-refractivity contribution in [3.8, 4) is 17.2 Å². The Balaban J connectivity index is 2.44. The van der Waals surface area contributed by atoms with Gasteiger partial charge in [-0.2, -0.15) is 9.37 Å². The van der Waals surface area contributed by atoms with Gasteiger partial charge in [0.2, 0.25) is 5.95 Å². The summed E-state index contributed by atoms with van der Waals surface area (Å²) >= 11 is 12.2. The van der Waals surface area contributed by atoms with Crippen molar-refractivity contribution >= 4 is 29.0 Å². The van der Waals surface area contributed by atoms with Gasteiger partial charge < -0.3 is 20.3 Å². The van der Waals surface area contributed by atoms with Crippen LogP contribution in [-0.4, -0.2) is 27.8 Å². The first-order chi connectivity index (χ1) is 11.7. The van der Waals surface area contributed by atoms with Gasteiger partial charge in [0.1, 0.15) is 21.5 Å². The predicted molar refractivity (Wildman–Crippen MR) is 96.7 cm³/mol. The van der Waals surface area contributed by atoms with E-state index in [4.69, 9.17) is 33.0 Å². The van der Waals surface area contributed by atoms with Gasteiger partial charge in [-0.05, 0) is 31.0 Å². The fourth-order valence-electron chi connectivity index (χ4n) is 2.13. The van der Waals surface area contributed by atoms with Crippen molar-refractivity contribution in [2.24, 2.45) is 0 Å². The van der Waals surface area contributed by atoms with Crippen molar-refractivity contribution in [1.29, 1.82) is 0 Å². The maximum atomic E-state index is 14.0. The van der Waals surface area contributed by atoms with Crippen molar-refractivity contribution in [3.05, 3.63) is 39.8 Å². The maximum Gasteiger partial charge on any atom is 0.237 e. The minimum absolute atomic E-state index is 0.00845. The molecule has 0 aliphatic rings. The number of aliphatic hydroxyl groups is 1. The van der Waals surface area contributed by atoms with E-state index in [-0.39, 0.29) is 45.9 Å². The summed E-state index contributed by atoms with van der Waals surface area (Å²) in [6.45, 7) is 5.33. The summed E-state index contributed by atoms with van der Waals surface area (Å²) in [5.41, 5.74) is 0.673. The topological polar surface area (TPSA) is 74.6 Å². The Morgan fingerprint density at radius 2 is 1.92 bits per heavy atom. The molecule has 1 atom stereocenters. The first-order valence-electron chi connectivity index (χ1n) is 7.67. The van der Waals surface area contributed by atoms with Crippen LogP contribution in [-0.2, 0) is 0 Å². The zero-order chi connectivity index (χ0) is 18.7. The number of aromatic hydroxyl groups is 1. The number of hydrogen-bond donors (Lipinski definition) is 3. The van der Waals surface area contributed by atoms with Crippen molar-refractivity contribution in [1.82, 2.24) is 4.98 Å². The number of pyridine rings is 1. The first kappa shape index (κ1) is 19.6. The summed E-state index contributed by atoms with van der Waals surface area (Å²) in [4.78, 5) is 3.65. The van der Waals surface area contributed by atoms with Crippen LogP contribution in [0.15, 0.2) is 18.2 Å². The molecular weight excluding hydrogens is 370 g/mol. The Labute approximate surface area is 155 Å². The van der Waals surface area contributed by atoms with Crippen molar-refractivity contribution < 1.29 is 19.3 Å². The number of phenolic OH excluding ortho intramolecular Hbond substituents is 1. The van der Waals surface area contributed by atoms with Crippen molar-refractivity contribution in [2.45, 2.75) is 32.7 Å². The maximum absolute atomic E-state index is 14.0. The Morgan fingerprint density at radius 3 is 2.52 bits per heavy atom. The van der Waals surface area contributed by atoms with E-state index in [1.54, 1.807) is 13.0 Å². The Bertz CT molecular complexity index is 772. The number of benzene rings is 1. The van der Waals surface area contributed by atoms with Gasteiger partial charge in [0.15, 0.2) is 11.6 Å². The second kappa shape index (κ2) is 8.08. The highest BCUT2D eigenvalue weighted by molar-refractivity contribution is 6.38. The molecule has 0 amide bonds. The molecule has 3 N–H and O–H groups in total. The van der Waals surface area contributed by atoms with Crippen LogP contribution in [0.4, 0.5) is 10.2 Å². The van der Waals surface area contributed by atoms with E-state index < -0.39 is 5.95 Å². The normalized spacial score (nSPS) is 12.3. The van der Waals surface area contributed by atoms with Gasteiger partial charge in [-0.1, -0.05) is 37.0 Å². The average Bonchev–Trinajstić information content (AvgIpc) is 2.57. The first-order valence-corrected chi connectivity index (χ1v) is 8.42. The Kier molecular flexibility index (Phi) is 6.32.